The highest BCUT2D eigenvalue weighted by atomic mass is 19.4. The molecule has 0 atom stereocenters. The van der Waals surface area contributed by atoms with E-state index in [4.69, 9.17) is 22.6 Å². The smallest absolute Gasteiger partial charge is 0.416 e. The van der Waals surface area contributed by atoms with Crippen molar-refractivity contribution in [3.63, 3.8) is 0 Å². The zero-order valence-corrected chi connectivity index (χ0v) is 20.8. The number of alkyl halides is 6. The molecule has 0 aromatic heterocycles. The third kappa shape index (κ3) is 5.79. The van der Waals surface area contributed by atoms with E-state index < -0.39 is 34.9 Å². The molecule has 0 spiro atoms. The molecule has 0 aliphatic carbocycles. The van der Waals surface area contributed by atoms with Crippen molar-refractivity contribution in [3.05, 3.63) is 117 Å². The Labute approximate surface area is 233 Å². The molecule has 0 bridgehead atoms. The molecule has 4 aromatic rings. The summed E-state index contributed by atoms with van der Waals surface area (Å²) in [5.74, 6) is -1.06. The average molecular weight is 574 g/mol. The zero-order chi connectivity index (χ0) is 30.7. The number of fused-ring (bicyclic) bond motifs is 1. The van der Waals surface area contributed by atoms with E-state index in [-0.39, 0.29) is 44.2 Å². The number of hydrogen-bond donors (Lipinski definition) is 0. The summed E-state index contributed by atoms with van der Waals surface area (Å²) in [6, 6.07) is 16.2. The van der Waals surface area contributed by atoms with Crippen LogP contribution >= 0.6 is 0 Å². The summed E-state index contributed by atoms with van der Waals surface area (Å²) < 4.78 is 91.7. The van der Waals surface area contributed by atoms with Crippen molar-refractivity contribution in [1.29, 1.82) is 10.5 Å². The first-order valence-corrected chi connectivity index (χ1v) is 11.5. The summed E-state index contributed by atoms with van der Waals surface area (Å²) in [6.45, 7) is 14.7. The third-order valence-electron chi connectivity index (χ3n) is 5.81. The highest BCUT2D eigenvalue weighted by Gasteiger charge is 2.31. The highest BCUT2D eigenvalue weighted by Crippen LogP contribution is 2.37. The quantitative estimate of drug-likeness (QED) is 0.186. The lowest BCUT2D eigenvalue weighted by molar-refractivity contribution is -0.138. The van der Waals surface area contributed by atoms with Gasteiger partial charge < -0.3 is 9.47 Å². The van der Waals surface area contributed by atoms with Gasteiger partial charge in [-0.2, -0.15) is 26.3 Å². The van der Waals surface area contributed by atoms with Gasteiger partial charge in [0, 0.05) is 21.2 Å². The monoisotopic (exact) mass is 574 g/mol. The van der Waals surface area contributed by atoms with E-state index in [0.717, 1.165) is 24.3 Å². The number of halogens is 6. The molecule has 0 N–H and O–H groups in total. The van der Waals surface area contributed by atoms with Crippen LogP contribution in [0.4, 0.5) is 26.3 Å². The van der Waals surface area contributed by atoms with E-state index in [2.05, 4.69) is 9.69 Å². The number of nitrogens with zero attached hydrogens (tertiary/aromatic N) is 4. The number of benzene rings is 4. The summed E-state index contributed by atoms with van der Waals surface area (Å²) in [6.07, 6.45) is -9.41. The SMILES string of the molecule is [C-]#[N+]/C(C#N)=c1/ccc2c(Oc3cccc(C(F)(F)F)c3)/c(=C(\C#N)[N+]#[C-])ccc2c1Oc1cccc(C(F)(F)F)c1. The minimum Gasteiger partial charge on any atom is -0.457 e. The van der Waals surface area contributed by atoms with Crippen molar-refractivity contribution < 1.29 is 35.8 Å². The Bertz CT molecular complexity index is 1840. The molecule has 206 valence electrons. The van der Waals surface area contributed by atoms with Crippen molar-refractivity contribution in [2.75, 3.05) is 0 Å². The van der Waals surface area contributed by atoms with Gasteiger partial charge in [-0.25, -0.2) is 20.2 Å². The number of hydrogen-bond acceptors (Lipinski definition) is 4. The lowest BCUT2D eigenvalue weighted by atomic mass is 10.0. The first-order valence-electron chi connectivity index (χ1n) is 11.5. The van der Waals surface area contributed by atoms with Gasteiger partial charge in [-0.15, -0.1) is 0 Å². The second kappa shape index (κ2) is 11.3. The molecule has 42 heavy (non-hydrogen) atoms. The average Bonchev–Trinajstić information content (AvgIpc) is 2.95. The van der Waals surface area contributed by atoms with Crippen molar-refractivity contribution in [2.24, 2.45) is 0 Å². The van der Waals surface area contributed by atoms with Crippen molar-refractivity contribution >= 4 is 22.2 Å². The minimum atomic E-state index is -4.70. The van der Waals surface area contributed by atoms with Gasteiger partial charge in [0.05, 0.1) is 36.4 Å². The first-order chi connectivity index (χ1) is 19.9. The maximum atomic E-state index is 13.3. The minimum absolute atomic E-state index is 0.0642. The van der Waals surface area contributed by atoms with Crippen molar-refractivity contribution in [2.45, 2.75) is 12.4 Å². The van der Waals surface area contributed by atoms with Crippen LogP contribution in [0.1, 0.15) is 11.1 Å². The molecule has 0 aliphatic heterocycles. The third-order valence-corrected chi connectivity index (χ3v) is 5.81. The van der Waals surface area contributed by atoms with Crippen LogP contribution in [-0.2, 0) is 12.4 Å². The van der Waals surface area contributed by atoms with E-state index in [0.29, 0.717) is 12.1 Å². The van der Waals surface area contributed by atoms with Crippen LogP contribution in [0.3, 0.4) is 0 Å². The second-order valence-corrected chi connectivity index (χ2v) is 8.38. The van der Waals surface area contributed by atoms with Crippen LogP contribution in [0.5, 0.6) is 23.0 Å². The van der Waals surface area contributed by atoms with Crippen LogP contribution in [0.15, 0.2) is 72.8 Å². The fourth-order valence-electron chi connectivity index (χ4n) is 3.94. The molecule has 0 saturated heterocycles. The van der Waals surface area contributed by atoms with Crippen LogP contribution in [0.25, 0.3) is 31.9 Å². The van der Waals surface area contributed by atoms with Crippen LogP contribution < -0.4 is 19.9 Å². The molecule has 0 saturated carbocycles. The Morgan fingerprint density at radius 3 is 1.31 bits per heavy atom. The predicted octanol–water partition coefficient (Wildman–Crippen LogP) is 7.56. The molecule has 0 radical (unpaired) electrons. The Kier molecular flexibility index (Phi) is 7.77. The molecule has 0 heterocycles. The van der Waals surface area contributed by atoms with E-state index in [1.807, 2.05) is 0 Å². The van der Waals surface area contributed by atoms with Gasteiger partial charge in [-0.05, 0) is 36.4 Å². The summed E-state index contributed by atoms with van der Waals surface area (Å²) in [4.78, 5) is 6.32. The van der Waals surface area contributed by atoms with Crippen molar-refractivity contribution in [3.8, 4) is 35.1 Å². The van der Waals surface area contributed by atoms with Gasteiger partial charge in [0.15, 0.2) is 0 Å². The van der Waals surface area contributed by atoms with Crippen LogP contribution in [-0.4, -0.2) is 0 Å². The molecule has 12 heteroatoms. The number of nitriles is 2. The summed E-state index contributed by atoms with van der Waals surface area (Å²) in [7, 11) is 0. The maximum Gasteiger partial charge on any atom is 0.416 e. The fraction of sp³-hybridized carbons (Fsp3) is 0.0667. The molecule has 4 rings (SSSR count). The summed E-state index contributed by atoms with van der Waals surface area (Å²) in [5, 5.41) is 19.0. The van der Waals surface area contributed by atoms with Crippen LogP contribution in [0, 0.1) is 35.8 Å². The Hall–Kier alpha value is -5.98. The molecule has 6 nitrogen and oxygen atoms in total. The van der Waals surface area contributed by atoms with E-state index >= 15 is 0 Å². The molecule has 0 fully saturated rings. The van der Waals surface area contributed by atoms with Gasteiger partial charge in [-0.3, -0.25) is 0 Å². The van der Waals surface area contributed by atoms with E-state index in [1.54, 1.807) is 12.1 Å². The van der Waals surface area contributed by atoms with Gasteiger partial charge in [-0.1, -0.05) is 36.4 Å². The van der Waals surface area contributed by atoms with Gasteiger partial charge >= 0.3 is 12.4 Å². The lowest BCUT2D eigenvalue weighted by Crippen LogP contribution is -2.13. The van der Waals surface area contributed by atoms with Crippen LogP contribution in [0.2, 0.25) is 0 Å². The molecule has 0 amide bonds. The van der Waals surface area contributed by atoms with Gasteiger partial charge in [0.1, 0.15) is 23.0 Å². The number of ether oxygens (including phenoxy) is 2. The predicted molar refractivity (Wildman–Crippen MR) is 137 cm³/mol. The topological polar surface area (TPSA) is 74.8 Å². The molecule has 4 aromatic carbocycles. The highest BCUT2D eigenvalue weighted by molar-refractivity contribution is 5.96. The Balaban J connectivity index is 2.08. The number of rotatable bonds is 4. The van der Waals surface area contributed by atoms with E-state index in [1.165, 1.54) is 36.4 Å². The largest absolute Gasteiger partial charge is 0.457 e. The molecule has 0 aliphatic rings. The van der Waals surface area contributed by atoms with Crippen molar-refractivity contribution in [1.82, 2.24) is 0 Å². The lowest BCUT2D eigenvalue weighted by Gasteiger charge is -2.16. The molecule has 0 unspecified atom stereocenters. The fourth-order valence-corrected chi connectivity index (χ4v) is 3.94. The van der Waals surface area contributed by atoms with Gasteiger partial charge in [0.25, 0.3) is 11.4 Å². The Morgan fingerprint density at radius 2 is 1.00 bits per heavy atom. The summed E-state index contributed by atoms with van der Waals surface area (Å²) >= 11 is 0. The second-order valence-electron chi connectivity index (χ2n) is 8.38. The zero-order valence-electron chi connectivity index (χ0n) is 20.8. The van der Waals surface area contributed by atoms with E-state index in [9.17, 15) is 36.9 Å². The molecular formula is C30H12F6N4O2. The normalized spacial score (nSPS) is 12.7. The molecular weight excluding hydrogens is 562 g/mol. The summed E-state index contributed by atoms with van der Waals surface area (Å²) in [5.41, 5.74) is -2.99. The Morgan fingerprint density at radius 1 is 0.619 bits per heavy atom. The first kappa shape index (κ1) is 29.0. The maximum absolute atomic E-state index is 13.3. The standard InChI is InChI=1S/C30H12F6N4O2/c1-39-25(15-37)23-11-9-22-21(27(23)41-19-7-3-5-17(13-19)29(31,32)33)10-12-24(26(16-38)40-2)28(22)42-20-8-4-6-18(14-20)30(34,35)36/h3-14H/b25-23-,26-24+. The van der Waals surface area contributed by atoms with Gasteiger partial charge in [0.2, 0.25) is 0 Å².